The fraction of sp³-hybridized carbons (Fsp3) is 0.500. The van der Waals surface area contributed by atoms with Crippen LogP contribution in [-0.4, -0.2) is 82.8 Å². The van der Waals surface area contributed by atoms with Gasteiger partial charge in [-0.05, 0) is 85.3 Å². The number of ether oxygens (including phenoxy) is 3. The van der Waals surface area contributed by atoms with Crippen molar-refractivity contribution in [2.45, 2.75) is 56.7 Å². The molecule has 1 fully saturated rings. The molecule has 0 saturated heterocycles. The Balaban J connectivity index is 1.35. The van der Waals surface area contributed by atoms with Crippen molar-refractivity contribution in [1.29, 1.82) is 0 Å². The average molecular weight is 770 g/mol. The first-order chi connectivity index (χ1) is 25.3. The summed E-state index contributed by atoms with van der Waals surface area (Å²) in [6.45, 7) is 2.84. The number of benzene rings is 2. The Morgan fingerprint density at radius 3 is 2.75 bits per heavy atom. The molecular weight excluding hydrogens is 725 g/mol. The molecule has 12 nitrogen and oxygen atoms in total. The zero-order valence-corrected chi connectivity index (χ0v) is 31.8. The second kappa shape index (κ2) is 14.7. The average Bonchev–Trinajstić information content (AvgIpc) is 3.41. The molecular formula is C38H45ClFN5O7S. The van der Waals surface area contributed by atoms with Gasteiger partial charge in [-0.2, -0.15) is 0 Å². The van der Waals surface area contributed by atoms with Crippen LogP contribution < -0.4 is 19.1 Å². The van der Waals surface area contributed by atoms with Crippen LogP contribution in [0.4, 0.5) is 10.1 Å². The summed E-state index contributed by atoms with van der Waals surface area (Å²) in [6, 6.07) is 8.75. The molecule has 2 aromatic carbocycles. The third kappa shape index (κ3) is 7.18. The van der Waals surface area contributed by atoms with Gasteiger partial charge in [0.2, 0.25) is 5.88 Å². The molecule has 53 heavy (non-hydrogen) atoms. The minimum Gasteiger partial charge on any atom is -0.490 e. The third-order valence-corrected chi connectivity index (χ3v) is 13.4. The molecule has 2 bridgehead atoms. The Morgan fingerprint density at radius 1 is 1.21 bits per heavy atom. The molecule has 0 radical (unpaired) electrons. The lowest BCUT2D eigenvalue weighted by Gasteiger charge is -2.45. The minimum atomic E-state index is -3.93. The molecule has 1 saturated carbocycles. The highest BCUT2D eigenvalue weighted by molar-refractivity contribution is 7.92. The minimum absolute atomic E-state index is 0.0140. The number of nitrogens with one attached hydrogen (secondary N) is 1. The van der Waals surface area contributed by atoms with Gasteiger partial charge >= 0.3 is 0 Å². The van der Waals surface area contributed by atoms with Gasteiger partial charge in [0.25, 0.3) is 11.8 Å². The number of methoxy groups -OCH3 is 2. The lowest BCUT2D eigenvalue weighted by atomic mass is 9.68. The molecule has 2 amide bonds. The number of hydrogen-bond acceptors (Lipinski definition) is 9. The summed E-state index contributed by atoms with van der Waals surface area (Å²) in [7, 11) is 0.495. The largest absolute Gasteiger partial charge is 0.490 e. The molecule has 7 rings (SSSR count). The summed E-state index contributed by atoms with van der Waals surface area (Å²) in [5.41, 5.74) is 1.44. The maximum absolute atomic E-state index is 17.1. The number of fused-ring (bicyclic) bond motifs is 4. The number of halogens is 2. The van der Waals surface area contributed by atoms with Crippen LogP contribution in [0.3, 0.4) is 0 Å². The summed E-state index contributed by atoms with van der Waals surface area (Å²) in [6.07, 6.45) is 7.52. The summed E-state index contributed by atoms with van der Waals surface area (Å²) < 4.78 is 57.1. The van der Waals surface area contributed by atoms with Crippen molar-refractivity contribution in [2.75, 3.05) is 44.6 Å². The Kier molecular flexibility index (Phi) is 10.3. The molecule has 2 aliphatic heterocycles. The number of nitrogens with zero attached hydrogens (tertiary/aromatic N) is 4. The van der Waals surface area contributed by atoms with Crippen LogP contribution in [0.25, 0.3) is 0 Å². The van der Waals surface area contributed by atoms with Crippen molar-refractivity contribution >= 4 is 39.0 Å². The summed E-state index contributed by atoms with van der Waals surface area (Å²) in [5.74, 6) is -3.49. The highest BCUT2D eigenvalue weighted by atomic mass is 35.5. The van der Waals surface area contributed by atoms with Crippen LogP contribution in [0, 0.1) is 23.6 Å². The molecule has 2 aliphatic carbocycles. The van der Waals surface area contributed by atoms with Gasteiger partial charge in [-0.1, -0.05) is 36.7 Å². The molecule has 3 aromatic rings. The lowest BCUT2D eigenvalue weighted by Crippen LogP contribution is -2.49. The van der Waals surface area contributed by atoms with Crippen molar-refractivity contribution in [3.05, 3.63) is 81.8 Å². The second-order valence-corrected chi connectivity index (χ2v) is 17.2. The van der Waals surface area contributed by atoms with E-state index < -0.39 is 56.7 Å². The molecule has 0 unspecified atom stereocenters. The van der Waals surface area contributed by atoms with E-state index in [1.807, 2.05) is 23.1 Å². The number of carbonyl (C=O) groups is 2. The number of amides is 2. The lowest BCUT2D eigenvalue weighted by molar-refractivity contribution is 0.0436. The van der Waals surface area contributed by atoms with Gasteiger partial charge in [0.1, 0.15) is 26.9 Å². The molecule has 1 aromatic heterocycles. The first-order valence-electron chi connectivity index (χ1n) is 17.9. The van der Waals surface area contributed by atoms with Gasteiger partial charge in [-0.15, -0.1) is 9.46 Å². The molecule has 3 heterocycles. The van der Waals surface area contributed by atoms with Gasteiger partial charge in [0.15, 0.2) is 5.82 Å². The highest BCUT2D eigenvalue weighted by Gasteiger charge is 2.45. The fourth-order valence-electron chi connectivity index (χ4n) is 8.47. The van der Waals surface area contributed by atoms with Gasteiger partial charge in [-0.3, -0.25) is 19.0 Å². The van der Waals surface area contributed by atoms with E-state index in [1.165, 1.54) is 31.2 Å². The zero-order chi connectivity index (χ0) is 37.7. The Labute approximate surface area is 313 Å². The van der Waals surface area contributed by atoms with Gasteiger partial charge in [-0.25, -0.2) is 8.60 Å². The molecule has 15 heteroatoms. The van der Waals surface area contributed by atoms with E-state index in [1.54, 1.807) is 32.2 Å². The molecule has 284 valence electrons. The summed E-state index contributed by atoms with van der Waals surface area (Å²) in [4.78, 5) is 29.6. The first-order valence-corrected chi connectivity index (χ1v) is 20.0. The van der Waals surface area contributed by atoms with E-state index in [4.69, 9.17) is 25.8 Å². The maximum atomic E-state index is 17.1. The number of hydrogen-bond donors (Lipinski definition) is 2. The first kappa shape index (κ1) is 37.3. The number of aliphatic hydroxyl groups excluding tert-OH is 1. The van der Waals surface area contributed by atoms with Gasteiger partial charge < -0.3 is 24.2 Å². The molecule has 2 N–H and O–H groups in total. The summed E-state index contributed by atoms with van der Waals surface area (Å²) in [5, 5.41) is 16.2. The maximum Gasteiger partial charge on any atom is 0.289 e. The van der Waals surface area contributed by atoms with E-state index >= 15 is 4.39 Å². The van der Waals surface area contributed by atoms with Gasteiger partial charge in [0, 0.05) is 43.9 Å². The van der Waals surface area contributed by atoms with E-state index in [9.17, 15) is 18.9 Å². The van der Waals surface area contributed by atoms with Crippen molar-refractivity contribution in [3.63, 3.8) is 0 Å². The molecule has 4 aliphatic rings. The number of anilines is 1. The van der Waals surface area contributed by atoms with Crippen LogP contribution in [0.1, 0.15) is 64.4 Å². The van der Waals surface area contributed by atoms with Crippen LogP contribution in [0.15, 0.2) is 53.0 Å². The smallest absolute Gasteiger partial charge is 0.289 e. The Morgan fingerprint density at radius 2 is 2.02 bits per heavy atom. The SMILES string of the molecule is COc1nn(C)cc1C(=O)N[S@@]1(=O)=NC(=O)c2ccc3c(c2F)N(C[C@@H]2CC[C@H]2[C@@H](O)/C=C/[C@H](OC)[C@H](C)C1)C[C@@]1(CCCc2cc(Cl)ccc21)CO3. The normalized spacial score (nSPS) is 30.5. The molecule has 7 atom stereocenters. The Bertz CT molecular complexity index is 2080. The predicted octanol–water partition coefficient (Wildman–Crippen LogP) is 5.26. The monoisotopic (exact) mass is 769 g/mol. The van der Waals surface area contributed by atoms with Crippen molar-refractivity contribution < 1.29 is 37.5 Å². The number of aromatic nitrogens is 2. The Hall–Kier alpha value is -3.98. The van der Waals surface area contributed by atoms with E-state index in [-0.39, 0.29) is 47.1 Å². The van der Waals surface area contributed by atoms with Gasteiger partial charge in [0.05, 0.1) is 37.2 Å². The van der Waals surface area contributed by atoms with Crippen LogP contribution in [-0.2, 0) is 33.5 Å². The topological polar surface area (TPSA) is 145 Å². The van der Waals surface area contributed by atoms with Crippen LogP contribution in [0.2, 0.25) is 5.02 Å². The van der Waals surface area contributed by atoms with E-state index in [0.29, 0.717) is 18.1 Å². The second-order valence-electron chi connectivity index (χ2n) is 14.8. The summed E-state index contributed by atoms with van der Waals surface area (Å²) >= 11 is 6.41. The standard InChI is InChI=1S/C38H45ClFN5O7S/c1-22-19-53(49,43-36(48)28-18-44(2)41-37(28)51-4)42-35(47)27-10-13-32-34(33(27)40)45(17-24-7-9-26(24)30(46)12-14-31(22)50-3)20-38(21-52-32)15-5-6-23-16-25(39)8-11-29(23)38/h8,10-14,16,18,22,24,26,30-31,46H,5-7,9,15,17,19-21H2,1-4H3,(H,42,43,47,48,49)/b14-12+/t22-,24+,26-,30+,31+,38+,53+/m1/s1. The number of rotatable bonds is 4. The zero-order valence-electron chi connectivity index (χ0n) is 30.2. The van der Waals surface area contributed by atoms with Crippen molar-refractivity contribution in [2.24, 2.45) is 29.2 Å². The van der Waals surface area contributed by atoms with Crippen molar-refractivity contribution in [3.8, 4) is 11.6 Å². The van der Waals surface area contributed by atoms with Crippen molar-refractivity contribution in [1.82, 2.24) is 14.5 Å². The number of carbonyl (C=O) groups excluding carboxylic acids is 2. The fourth-order valence-corrected chi connectivity index (χ4v) is 10.5. The number of aryl methyl sites for hydroxylation is 2. The molecule has 1 spiro atoms. The van der Waals surface area contributed by atoms with Crippen LogP contribution >= 0.6 is 11.6 Å². The van der Waals surface area contributed by atoms with Crippen LogP contribution in [0.5, 0.6) is 11.6 Å². The predicted molar refractivity (Wildman–Crippen MR) is 198 cm³/mol. The van der Waals surface area contributed by atoms with E-state index in [2.05, 4.69) is 14.2 Å². The number of aliphatic hydroxyl groups is 1. The third-order valence-electron chi connectivity index (χ3n) is 11.3. The van der Waals surface area contributed by atoms with E-state index in [0.717, 1.165) is 43.2 Å². The quantitative estimate of drug-likeness (QED) is 0.340. The highest BCUT2D eigenvalue weighted by Crippen LogP contribution is 2.47.